The van der Waals surface area contributed by atoms with Gasteiger partial charge in [-0.2, -0.15) is 5.10 Å². The number of aromatic nitrogens is 2. The Hall–Kier alpha value is -3.73. The van der Waals surface area contributed by atoms with Crippen molar-refractivity contribution < 1.29 is 9.18 Å². The van der Waals surface area contributed by atoms with E-state index in [2.05, 4.69) is 25.2 Å². The van der Waals surface area contributed by atoms with Gasteiger partial charge in [-0.1, -0.05) is 29.8 Å². The van der Waals surface area contributed by atoms with Crippen molar-refractivity contribution in [1.29, 1.82) is 0 Å². The second-order valence-electron chi connectivity index (χ2n) is 7.42. The summed E-state index contributed by atoms with van der Waals surface area (Å²) in [7, 11) is 0. The molecule has 0 unspecified atom stereocenters. The molecule has 1 N–H and O–H groups in total. The van der Waals surface area contributed by atoms with E-state index in [1.54, 1.807) is 10.7 Å². The summed E-state index contributed by atoms with van der Waals surface area (Å²) < 4.78 is 14.8. The topological polar surface area (TPSA) is 46.9 Å². The maximum Gasteiger partial charge on any atom is 0.274 e. The van der Waals surface area contributed by atoms with E-state index in [9.17, 15) is 9.18 Å². The zero-order valence-corrected chi connectivity index (χ0v) is 17.1. The summed E-state index contributed by atoms with van der Waals surface area (Å²) in [5.74, 6) is -0.667. The molecule has 1 aromatic heterocycles. The number of nitrogens with zero attached hydrogens (tertiary/aromatic N) is 2. The number of carbonyl (C=O) groups excluding carboxylic acids is 1. The molecule has 5 heteroatoms. The van der Waals surface area contributed by atoms with Crippen molar-refractivity contribution in [3.63, 3.8) is 0 Å². The van der Waals surface area contributed by atoms with Crippen LogP contribution in [0.3, 0.4) is 0 Å². The van der Waals surface area contributed by atoms with E-state index in [0.29, 0.717) is 17.1 Å². The summed E-state index contributed by atoms with van der Waals surface area (Å²) >= 11 is 0. The Morgan fingerprint density at radius 2 is 1.57 bits per heavy atom. The first-order valence-corrected chi connectivity index (χ1v) is 9.72. The average Bonchev–Trinajstić information content (AvgIpc) is 3.18. The van der Waals surface area contributed by atoms with E-state index < -0.39 is 0 Å². The highest BCUT2D eigenvalue weighted by Gasteiger charge is 2.18. The summed E-state index contributed by atoms with van der Waals surface area (Å²) in [5.41, 5.74) is 6.85. The van der Waals surface area contributed by atoms with Gasteiger partial charge >= 0.3 is 0 Å². The Bertz CT molecular complexity index is 1210. The fourth-order valence-corrected chi connectivity index (χ4v) is 3.20. The molecule has 30 heavy (non-hydrogen) atoms. The molecule has 1 heterocycles. The van der Waals surface area contributed by atoms with Gasteiger partial charge in [0.2, 0.25) is 0 Å². The van der Waals surface area contributed by atoms with Gasteiger partial charge in [-0.15, -0.1) is 0 Å². The van der Waals surface area contributed by atoms with Crippen LogP contribution in [-0.4, -0.2) is 15.7 Å². The SMILES string of the molecule is Cc1ccc(-n2nc(-c3ccc(C)c(C)c3)cc2C(=O)Nc2ccc(F)cc2)cc1. The van der Waals surface area contributed by atoms with Crippen LogP contribution in [0.15, 0.2) is 72.8 Å². The van der Waals surface area contributed by atoms with Crippen LogP contribution >= 0.6 is 0 Å². The fraction of sp³-hybridized carbons (Fsp3) is 0.120. The number of rotatable bonds is 4. The van der Waals surface area contributed by atoms with Gasteiger partial charge in [-0.3, -0.25) is 4.79 Å². The minimum absolute atomic E-state index is 0.315. The lowest BCUT2D eigenvalue weighted by Crippen LogP contribution is -2.17. The smallest absolute Gasteiger partial charge is 0.274 e. The van der Waals surface area contributed by atoms with Gasteiger partial charge in [-0.25, -0.2) is 9.07 Å². The highest BCUT2D eigenvalue weighted by molar-refractivity contribution is 6.04. The third kappa shape index (κ3) is 4.01. The van der Waals surface area contributed by atoms with Crippen LogP contribution in [0.25, 0.3) is 16.9 Å². The van der Waals surface area contributed by atoms with Crippen LogP contribution in [-0.2, 0) is 0 Å². The molecule has 0 saturated heterocycles. The molecule has 0 radical (unpaired) electrons. The molecule has 0 aliphatic heterocycles. The number of benzene rings is 3. The molecular formula is C25H22FN3O. The van der Waals surface area contributed by atoms with Gasteiger partial charge in [0.15, 0.2) is 0 Å². The van der Waals surface area contributed by atoms with Crippen molar-refractivity contribution in [2.45, 2.75) is 20.8 Å². The second kappa shape index (κ2) is 7.95. The maximum absolute atomic E-state index is 13.2. The molecule has 4 rings (SSSR count). The third-order valence-electron chi connectivity index (χ3n) is 5.13. The van der Waals surface area contributed by atoms with Crippen LogP contribution < -0.4 is 5.32 Å². The zero-order valence-electron chi connectivity index (χ0n) is 17.1. The average molecular weight is 399 g/mol. The van der Waals surface area contributed by atoms with Crippen LogP contribution in [0.5, 0.6) is 0 Å². The molecule has 0 aliphatic rings. The number of hydrogen-bond acceptors (Lipinski definition) is 2. The number of amides is 1. The quantitative estimate of drug-likeness (QED) is 0.467. The van der Waals surface area contributed by atoms with Crippen LogP contribution in [0, 0.1) is 26.6 Å². The van der Waals surface area contributed by atoms with Crippen LogP contribution in [0.4, 0.5) is 10.1 Å². The van der Waals surface area contributed by atoms with E-state index in [1.165, 1.54) is 29.8 Å². The lowest BCUT2D eigenvalue weighted by atomic mass is 10.0. The summed E-state index contributed by atoms with van der Waals surface area (Å²) in [6, 6.07) is 21.4. The van der Waals surface area contributed by atoms with E-state index in [0.717, 1.165) is 22.4 Å². The Morgan fingerprint density at radius 3 is 2.23 bits per heavy atom. The molecule has 0 spiro atoms. The van der Waals surface area contributed by atoms with Crippen molar-refractivity contribution in [2.24, 2.45) is 0 Å². The molecule has 4 aromatic rings. The molecule has 3 aromatic carbocycles. The number of nitrogens with one attached hydrogen (secondary N) is 1. The maximum atomic E-state index is 13.2. The van der Waals surface area contributed by atoms with Crippen molar-refractivity contribution in [1.82, 2.24) is 9.78 Å². The zero-order chi connectivity index (χ0) is 21.3. The van der Waals surface area contributed by atoms with Crippen molar-refractivity contribution in [2.75, 3.05) is 5.32 Å². The van der Waals surface area contributed by atoms with E-state index in [4.69, 9.17) is 5.10 Å². The molecule has 0 aliphatic carbocycles. The van der Waals surface area contributed by atoms with Gasteiger partial charge in [0.25, 0.3) is 5.91 Å². The Morgan fingerprint density at radius 1 is 0.867 bits per heavy atom. The molecule has 4 nitrogen and oxygen atoms in total. The largest absolute Gasteiger partial charge is 0.321 e. The summed E-state index contributed by atoms with van der Waals surface area (Å²) in [5, 5.41) is 7.55. The first-order chi connectivity index (χ1) is 14.4. The summed E-state index contributed by atoms with van der Waals surface area (Å²) in [6.07, 6.45) is 0. The first-order valence-electron chi connectivity index (χ1n) is 9.72. The molecule has 0 atom stereocenters. The van der Waals surface area contributed by atoms with Crippen LogP contribution in [0.2, 0.25) is 0 Å². The predicted octanol–water partition coefficient (Wildman–Crippen LogP) is 5.86. The minimum atomic E-state index is -0.352. The number of carbonyl (C=O) groups is 1. The van der Waals surface area contributed by atoms with Gasteiger partial charge < -0.3 is 5.32 Å². The normalized spacial score (nSPS) is 10.8. The van der Waals surface area contributed by atoms with Crippen molar-refractivity contribution in [3.05, 3.63) is 101 Å². The summed E-state index contributed by atoms with van der Waals surface area (Å²) in [6.45, 7) is 6.12. The lowest BCUT2D eigenvalue weighted by molar-refractivity contribution is 0.101. The van der Waals surface area contributed by atoms with Gasteiger partial charge in [0, 0.05) is 11.3 Å². The summed E-state index contributed by atoms with van der Waals surface area (Å²) in [4.78, 5) is 13.1. The predicted molar refractivity (Wildman–Crippen MR) is 118 cm³/mol. The molecule has 1 amide bonds. The number of halogens is 1. The highest BCUT2D eigenvalue weighted by Crippen LogP contribution is 2.25. The van der Waals surface area contributed by atoms with E-state index in [1.807, 2.05) is 43.3 Å². The first kappa shape index (κ1) is 19.6. The number of hydrogen-bond donors (Lipinski definition) is 1. The molecule has 0 fully saturated rings. The fourth-order valence-electron chi connectivity index (χ4n) is 3.20. The number of anilines is 1. The minimum Gasteiger partial charge on any atom is -0.321 e. The van der Waals surface area contributed by atoms with E-state index >= 15 is 0 Å². The Balaban J connectivity index is 1.77. The van der Waals surface area contributed by atoms with Gasteiger partial charge in [0.1, 0.15) is 11.5 Å². The molecule has 0 bridgehead atoms. The van der Waals surface area contributed by atoms with Gasteiger partial charge in [0.05, 0.1) is 11.4 Å². The molecular weight excluding hydrogens is 377 g/mol. The Labute approximate surface area is 175 Å². The van der Waals surface area contributed by atoms with Gasteiger partial charge in [-0.05, 0) is 80.4 Å². The van der Waals surface area contributed by atoms with Crippen molar-refractivity contribution in [3.8, 4) is 16.9 Å². The number of aryl methyl sites for hydroxylation is 3. The monoisotopic (exact) mass is 399 g/mol. The second-order valence-corrected chi connectivity index (χ2v) is 7.42. The Kier molecular flexibility index (Phi) is 5.19. The molecule has 0 saturated carbocycles. The van der Waals surface area contributed by atoms with E-state index in [-0.39, 0.29) is 11.7 Å². The highest BCUT2D eigenvalue weighted by atomic mass is 19.1. The lowest BCUT2D eigenvalue weighted by Gasteiger charge is -2.09. The van der Waals surface area contributed by atoms with Crippen LogP contribution in [0.1, 0.15) is 27.2 Å². The molecule has 150 valence electrons. The standard InChI is InChI=1S/C25H22FN3O/c1-16-4-12-22(13-5-16)29-24(25(30)27-21-10-8-20(26)9-11-21)15-23(28-29)19-7-6-17(2)18(3)14-19/h4-15H,1-3H3,(H,27,30). The van der Waals surface area contributed by atoms with Crippen molar-refractivity contribution >= 4 is 11.6 Å². The third-order valence-corrected chi connectivity index (χ3v) is 5.13.